The highest BCUT2D eigenvalue weighted by molar-refractivity contribution is 5.94. The van der Waals surface area contributed by atoms with Gasteiger partial charge in [0.25, 0.3) is 5.91 Å². The highest BCUT2D eigenvalue weighted by Crippen LogP contribution is 2.17. The summed E-state index contributed by atoms with van der Waals surface area (Å²) in [5, 5.41) is 7.44. The minimum absolute atomic E-state index is 0.00863. The number of fused-ring (bicyclic) bond motifs is 1. The lowest BCUT2D eigenvalue weighted by Crippen LogP contribution is -2.40. The predicted molar refractivity (Wildman–Crippen MR) is 101 cm³/mol. The number of rotatable bonds is 6. The number of nitrogens with one attached hydrogen (secondary N) is 1. The number of hydrogen-bond donors (Lipinski definition) is 1. The Morgan fingerprint density at radius 3 is 2.81 bits per heavy atom. The maximum absolute atomic E-state index is 12.4. The molecule has 0 saturated carbocycles. The van der Waals surface area contributed by atoms with Gasteiger partial charge < -0.3 is 15.0 Å². The molecular weight excluding hydrogens is 344 g/mol. The summed E-state index contributed by atoms with van der Waals surface area (Å²) in [6, 6.07) is 9.07. The Kier molecular flexibility index (Phi) is 5.78. The monoisotopic (exact) mass is 370 g/mol. The van der Waals surface area contributed by atoms with E-state index >= 15 is 0 Å². The second-order valence-electron chi connectivity index (χ2n) is 6.91. The molecule has 0 radical (unpaired) electrons. The van der Waals surface area contributed by atoms with Crippen LogP contribution in [0.5, 0.6) is 5.75 Å². The molecule has 1 aliphatic rings. The van der Waals surface area contributed by atoms with E-state index in [1.54, 1.807) is 18.2 Å². The number of carbonyl (C=O) groups is 2. The van der Waals surface area contributed by atoms with Gasteiger partial charge in [-0.1, -0.05) is 19.9 Å². The molecule has 0 atom stereocenters. The summed E-state index contributed by atoms with van der Waals surface area (Å²) in [6.45, 7) is 8.54. The molecule has 0 saturated heterocycles. The molecule has 3 rings (SSSR count). The molecule has 0 fully saturated rings. The molecule has 0 spiro atoms. The van der Waals surface area contributed by atoms with E-state index in [-0.39, 0.29) is 17.7 Å². The molecule has 1 aromatic heterocycles. The van der Waals surface area contributed by atoms with Crippen molar-refractivity contribution in [3.8, 4) is 5.75 Å². The van der Waals surface area contributed by atoms with Gasteiger partial charge in [0.05, 0.1) is 37.6 Å². The number of ether oxygens (including phenoxy) is 1. The Morgan fingerprint density at radius 2 is 2.07 bits per heavy atom. The largest absolute Gasteiger partial charge is 0.494 e. The number of carbonyl (C=O) groups excluding carboxylic acids is 2. The average molecular weight is 370 g/mol. The van der Waals surface area contributed by atoms with Crippen LogP contribution in [0.15, 0.2) is 30.3 Å². The van der Waals surface area contributed by atoms with Crippen molar-refractivity contribution in [2.24, 2.45) is 5.92 Å². The van der Waals surface area contributed by atoms with E-state index in [1.807, 2.05) is 42.5 Å². The molecule has 2 aromatic rings. The van der Waals surface area contributed by atoms with Gasteiger partial charge in [0.1, 0.15) is 5.75 Å². The van der Waals surface area contributed by atoms with Gasteiger partial charge in [-0.05, 0) is 31.2 Å². The third-order valence-electron chi connectivity index (χ3n) is 4.49. The van der Waals surface area contributed by atoms with Crippen molar-refractivity contribution in [3.63, 3.8) is 0 Å². The van der Waals surface area contributed by atoms with Crippen LogP contribution in [0.2, 0.25) is 0 Å². The van der Waals surface area contributed by atoms with E-state index in [4.69, 9.17) is 4.74 Å². The van der Waals surface area contributed by atoms with Crippen molar-refractivity contribution in [3.05, 3.63) is 47.3 Å². The highest BCUT2D eigenvalue weighted by Gasteiger charge is 2.23. The summed E-state index contributed by atoms with van der Waals surface area (Å²) in [5.74, 6) is 0.661. The molecule has 144 valence electrons. The van der Waals surface area contributed by atoms with Gasteiger partial charge in [-0.15, -0.1) is 0 Å². The molecule has 1 N–H and O–H groups in total. The standard InChI is InChI=1S/C20H26N4O3/c1-4-27-18-7-5-6-15(10-18)19(25)21-12-16-11-17-13-23(20(26)14(2)3)8-9-24(17)22-16/h5-7,10-11,14H,4,8-9,12-13H2,1-3H3,(H,21,25). The van der Waals surface area contributed by atoms with Gasteiger partial charge >= 0.3 is 0 Å². The second-order valence-corrected chi connectivity index (χ2v) is 6.91. The van der Waals surface area contributed by atoms with Gasteiger partial charge in [-0.3, -0.25) is 14.3 Å². The van der Waals surface area contributed by atoms with Crippen LogP contribution in [-0.2, 0) is 24.4 Å². The summed E-state index contributed by atoms with van der Waals surface area (Å²) >= 11 is 0. The summed E-state index contributed by atoms with van der Waals surface area (Å²) in [5.41, 5.74) is 2.34. The molecule has 2 heterocycles. The highest BCUT2D eigenvalue weighted by atomic mass is 16.5. The van der Waals surface area contributed by atoms with Gasteiger partial charge in [0, 0.05) is 18.0 Å². The first-order valence-corrected chi connectivity index (χ1v) is 9.33. The number of aromatic nitrogens is 2. The molecule has 2 amide bonds. The zero-order valence-electron chi connectivity index (χ0n) is 16.1. The van der Waals surface area contributed by atoms with Crippen molar-refractivity contribution >= 4 is 11.8 Å². The Hall–Kier alpha value is -2.83. The lowest BCUT2D eigenvalue weighted by Gasteiger charge is -2.29. The fourth-order valence-corrected chi connectivity index (χ4v) is 3.13. The van der Waals surface area contributed by atoms with Crippen molar-refractivity contribution in [1.82, 2.24) is 20.0 Å². The zero-order chi connectivity index (χ0) is 19.4. The topological polar surface area (TPSA) is 76.5 Å². The summed E-state index contributed by atoms with van der Waals surface area (Å²) < 4.78 is 7.35. The molecule has 1 aliphatic heterocycles. The molecule has 7 nitrogen and oxygen atoms in total. The van der Waals surface area contributed by atoms with Crippen molar-refractivity contribution in [1.29, 1.82) is 0 Å². The molecular formula is C20H26N4O3. The average Bonchev–Trinajstić information content (AvgIpc) is 3.08. The van der Waals surface area contributed by atoms with Gasteiger partial charge in [-0.25, -0.2) is 0 Å². The maximum Gasteiger partial charge on any atom is 0.251 e. The SMILES string of the molecule is CCOc1cccc(C(=O)NCc2cc3n(n2)CCN(C(=O)C(C)C)C3)c1. The Bertz CT molecular complexity index is 828. The Labute approximate surface area is 159 Å². The number of hydrogen-bond acceptors (Lipinski definition) is 4. The van der Waals surface area contributed by atoms with Gasteiger partial charge in [0.15, 0.2) is 0 Å². The van der Waals surface area contributed by atoms with E-state index in [0.717, 1.165) is 11.4 Å². The first kappa shape index (κ1) is 18.9. The zero-order valence-corrected chi connectivity index (χ0v) is 16.1. The quantitative estimate of drug-likeness (QED) is 0.846. The summed E-state index contributed by atoms with van der Waals surface area (Å²) in [6.07, 6.45) is 0. The number of amides is 2. The normalized spacial score (nSPS) is 13.4. The minimum Gasteiger partial charge on any atom is -0.494 e. The van der Waals surface area contributed by atoms with Crippen LogP contribution in [0.25, 0.3) is 0 Å². The van der Waals surface area contributed by atoms with E-state index in [1.165, 1.54) is 0 Å². The molecule has 27 heavy (non-hydrogen) atoms. The summed E-state index contributed by atoms with van der Waals surface area (Å²) in [7, 11) is 0. The van der Waals surface area contributed by atoms with E-state index in [0.29, 0.717) is 44.1 Å². The van der Waals surface area contributed by atoms with Crippen molar-refractivity contribution < 1.29 is 14.3 Å². The second kappa shape index (κ2) is 8.24. The van der Waals surface area contributed by atoms with Gasteiger partial charge in [-0.2, -0.15) is 5.10 Å². The van der Waals surface area contributed by atoms with Crippen molar-refractivity contribution in [2.45, 2.75) is 40.4 Å². The first-order chi connectivity index (χ1) is 13.0. The van der Waals surface area contributed by atoms with Crippen LogP contribution in [-0.4, -0.2) is 39.6 Å². The molecule has 0 unspecified atom stereocenters. The lowest BCUT2D eigenvalue weighted by atomic mass is 10.1. The molecule has 1 aromatic carbocycles. The van der Waals surface area contributed by atoms with Crippen LogP contribution in [0.3, 0.4) is 0 Å². The maximum atomic E-state index is 12.4. The van der Waals surface area contributed by atoms with Crippen LogP contribution < -0.4 is 10.1 Å². The predicted octanol–water partition coefficient (Wildman–Crippen LogP) is 2.21. The smallest absolute Gasteiger partial charge is 0.251 e. The summed E-state index contributed by atoms with van der Waals surface area (Å²) in [4.78, 5) is 26.4. The van der Waals surface area contributed by atoms with Crippen LogP contribution in [0.1, 0.15) is 42.5 Å². The molecule has 0 bridgehead atoms. The Morgan fingerprint density at radius 1 is 1.26 bits per heavy atom. The third kappa shape index (κ3) is 4.48. The lowest BCUT2D eigenvalue weighted by molar-refractivity contribution is -0.136. The third-order valence-corrected chi connectivity index (χ3v) is 4.49. The van der Waals surface area contributed by atoms with Crippen LogP contribution in [0, 0.1) is 5.92 Å². The first-order valence-electron chi connectivity index (χ1n) is 9.33. The molecule has 7 heteroatoms. The fourth-order valence-electron chi connectivity index (χ4n) is 3.13. The van der Waals surface area contributed by atoms with Gasteiger partial charge in [0.2, 0.25) is 5.91 Å². The fraction of sp³-hybridized carbons (Fsp3) is 0.450. The van der Waals surface area contributed by atoms with Crippen LogP contribution >= 0.6 is 0 Å². The number of nitrogens with zero attached hydrogens (tertiary/aromatic N) is 3. The van der Waals surface area contributed by atoms with Crippen molar-refractivity contribution in [2.75, 3.05) is 13.2 Å². The Balaban J connectivity index is 1.61. The minimum atomic E-state index is -0.167. The number of benzene rings is 1. The van der Waals surface area contributed by atoms with E-state index in [9.17, 15) is 9.59 Å². The van der Waals surface area contributed by atoms with E-state index < -0.39 is 0 Å². The van der Waals surface area contributed by atoms with E-state index in [2.05, 4.69) is 10.4 Å². The van der Waals surface area contributed by atoms with Crippen LogP contribution in [0.4, 0.5) is 0 Å². The molecule has 0 aliphatic carbocycles.